The van der Waals surface area contributed by atoms with Crippen LogP contribution in [0.15, 0.2) is 48.5 Å². The number of carbonyl (C=O) groups excluding carboxylic acids is 2. The molecular weight excluding hydrogens is 386 g/mol. The van der Waals surface area contributed by atoms with Crippen molar-refractivity contribution in [1.82, 2.24) is 4.98 Å². The molecule has 2 aromatic carbocycles. The SMILES string of the molecule is COc1ccc(-c2nc(NC(=O)c3ccccc3N3CCCC3=O)sc2C)cc1. The van der Waals surface area contributed by atoms with Gasteiger partial charge < -0.3 is 9.64 Å². The summed E-state index contributed by atoms with van der Waals surface area (Å²) in [7, 11) is 1.63. The van der Waals surface area contributed by atoms with Crippen LogP contribution in [0.3, 0.4) is 0 Å². The molecule has 2 heterocycles. The lowest BCUT2D eigenvalue weighted by atomic mass is 10.1. The molecule has 0 atom stereocenters. The molecule has 29 heavy (non-hydrogen) atoms. The number of amides is 2. The zero-order chi connectivity index (χ0) is 20.4. The van der Waals surface area contributed by atoms with E-state index in [1.54, 1.807) is 24.1 Å². The molecule has 0 saturated carbocycles. The second kappa shape index (κ2) is 8.05. The Labute approximate surface area is 173 Å². The molecule has 2 amide bonds. The fourth-order valence-corrected chi connectivity index (χ4v) is 4.27. The van der Waals surface area contributed by atoms with E-state index in [-0.39, 0.29) is 11.8 Å². The molecule has 1 aliphatic heterocycles. The van der Waals surface area contributed by atoms with E-state index in [2.05, 4.69) is 10.3 Å². The lowest BCUT2D eigenvalue weighted by Crippen LogP contribution is -2.27. The van der Waals surface area contributed by atoms with E-state index in [9.17, 15) is 9.59 Å². The Bertz CT molecular complexity index is 1060. The molecule has 1 saturated heterocycles. The van der Waals surface area contributed by atoms with Crippen LogP contribution >= 0.6 is 11.3 Å². The number of aromatic nitrogens is 1. The second-order valence-corrected chi connectivity index (χ2v) is 7.98. The molecule has 1 N–H and O–H groups in total. The summed E-state index contributed by atoms with van der Waals surface area (Å²) in [6.45, 7) is 2.62. The predicted molar refractivity (Wildman–Crippen MR) is 115 cm³/mol. The van der Waals surface area contributed by atoms with Gasteiger partial charge in [0.2, 0.25) is 5.91 Å². The van der Waals surface area contributed by atoms with Crippen molar-refractivity contribution in [2.75, 3.05) is 23.9 Å². The summed E-state index contributed by atoms with van der Waals surface area (Å²) >= 11 is 1.43. The Balaban J connectivity index is 1.57. The first-order valence-corrected chi connectivity index (χ1v) is 10.2. The molecule has 4 rings (SSSR count). The standard InChI is InChI=1S/C22H21N3O3S/c1-14-20(15-9-11-16(28-2)12-10-15)23-22(29-14)24-21(27)17-6-3-4-7-18(17)25-13-5-8-19(25)26/h3-4,6-7,9-12H,5,8,13H2,1-2H3,(H,23,24,27). The molecular formula is C22H21N3O3S. The third kappa shape index (κ3) is 3.86. The van der Waals surface area contributed by atoms with Crippen LogP contribution in [-0.4, -0.2) is 30.5 Å². The number of hydrogen-bond donors (Lipinski definition) is 1. The average Bonchev–Trinajstić information content (AvgIpc) is 3.33. The van der Waals surface area contributed by atoms with Crippen molar-refractivity contribution in [3.8, 4) is 17.0 Å². The van der Waals surface area contributed by atoms with Crippen molar-refractivity contribution >= 4 is 34.0 Å². The van der Waals surface area contributed by atoms with Crippen molar-refractivity contribution in [2.45, 2.75) is 19.8 Å². The van der Waals surface area contributed by atoms with Gasteiger partial charge >= 0.3 is 0 Å². The number of methoxy groups -OCH3 is 1. The van der Waals surface area contributed by atoms with Crippen LogP contribution in [-0.2, 0) is 4.79 Å². The number of nitrogens with one attached hydrogen (secondary N) is 1. The van der Waals surface area contributed by atoms with Crippen molar-refractivity contribution in [2.24, 2.45) is 0 Å². The van der Waals surface area contributed by atoms with Gasteiger partial charge in [0.15, 0.2) is 5.13 Å². The monoisotopic (exact) mass is 407 g/mol. The van der Waals surface area contributed by atoms with Crippen molar-refractivity contribution in [3.63, 3.8) is 0 Å². The van der Waals surface area contributed by atoms with E-state index >= 15 is 0 Å². The van der Waals surface area contributed by atoms with Crippen molar-refractivity contribution in [1.29, 1.82) is 0 Å². The van der Waals surface area contributed by atoms with Gasteiger partial charge in [-0.15, -0.1) is 11.3 Å². The van der Waals surface area contributed by atoms with Gasteiger partial charge in [0.05, 0.1) is 24.1 Å². The molecule has 1 aromatic heterocycles. The molecule has 1 fully saturated rings. The van der Waals surface area contributed by atoms with Crippen molar-refractivity contribution in [3.05, 3.63) is 59.0 Å². The van der Waals surface area contributed by atoms with Crippen LogP contribution in [0.1, 0.15) is 28.1 Å². The van der Waals surface area contributed by atoms with Crippen LogP contribution in [0.5, 0.6) is 5.75 Å². The van der Waals surface area contributed by atoms with E-state index in [4.69, 9.17) is 4.74 Å². The summed E-state index contributed by atoms with van der Waals surface area (Å²) < 4.78 is 5.20. The maximum atomic E-state index is 12.9. The largest absolute Gasteiger partial charge is 0.497 e. The summed E-state index contributed by atoms with van der Waals surface area (Å²) in [4.78, 5) is 32.4. The highest BCUT2D eigenvalue weighted by atomic mass is 32.1. The molecule has 3 aromatic rings. The van der Waals surface area contributed by atoms with Crippen LogP contribution in [0.4, 0.5) is 10.8 Å². The molecule has 0 radical (unpaired) electrons. The number of nitrogens with zero attached hydrogens (tertiary/aromatic N) is 2. The lowest BCUT2D eigenvalue weighted by Gasteiger charge is -2.18. The van der Waals surface area contributed by atoms with Gasteiger partial charge in [-0.3, -0.25) is 14.9 Å². The summed E-state index contributed by atoms with van der Waals surface area (Å²) in [6.07, 6.45) is 1.33. The van der Waals surface area contributed by atoms with Crippen LogP contribution in [0, 0.1) is 6.92 Å². The Morgan fingerprint density at radius 1 is 1.17 bits per heavy atom. The Morgan fingerprint density at radius 2 is 1.93 bits per heavy atom. The number of para-hydroxylation sites is 1. The molecule has 7 heteroatoms. The number of thiazole rings is 1. The Morgan fingerprint density at radius 3 is 2.62 bits per heavy atom. The summed E-state index contributed by atoms with van der Waals surface area (Å²) in [5, 5.41) is 3.42. The number of aryl methyl sites for hydroxylation is 1. The predicted octanol–water partition coefficient (Wildman–Crippen LogP) is 4.51. The fourth-order valence-electron chi connectivity index (χ4n) is 3.43. The zero-order valence-electron chi connectivity index (χ0n) is 16.3. The quantitative estimate of drug-likeness (QED) is 0.676. The Hall–Kier alpha value is -3.19. The number of rotatable bonds is 5. The summed E-state index contributed by atoms with van der Waals surface area (Å²) in [5.41, 5.74) is 2.91. The second-order valence-electron chi connectivity index (χ2n) is 6.77. The van der Waals surface area contributed by atoms with Gasteiger partial charge in [-0.1, -0.05) is 12.1 Å². The number of anilines is 2. The number of ether oxygens (including phenoxy) is 1. The average molecular weight is 407 g/mol. The van der Waals surface area contributed by atoms with Gasteiger partial charge in [-0.25, -0.2) is 4.98 Å². The number of hydrogen-bond acceptors (Lipinski definition) is 5. The number of benzene rings is 2. The van der Waals surface area contributed by atoms with Crippen molar-refractivity contribution < 1.29 is 14.3 Å². The van der Waals surface area contributed by atoms with Crippen LogP contribution in [0.25, 0.3) is 11.3 Å². The fraction of sp³-hybridized carbons (Fsp3) is 0.227. The van der Waals surface area contributed by atoms with E-state index < -0.39 is 0 Å². The van der Waals surface area contributed by atoms with E-state index in [0.29, 0.717) is 29.3 Å². The highest BCUT2D eigenvalue weighted by molar-refractivity contribution is 7.16. The molecule has 1 aliphatic rings. The molecule has 0 bridgehead atoms. The van der Waals surface area contributed by atoms with E-state index in [1.807, 2.05) is 43.3 Å². The third-order valence-corrected chi connectivity index (χ3v) is 5.78. The molecule has 0 unspecified atom stereocenters. The van der Waals surface area contributed by atoms with Gasteiger partial charge in [0.1, 0.15) is 5.75 Å². The van der Waals surface area contributed by atoms with Gasteiger partial charge in [0.25, 0.3) is 5.91 Å². The molecule has 0 aliphatic carbocycles. The molecule has 148 valence electrons. The summed E-state index contributed by atoms with van der Waals surface area (Å²) in [6, 6.07) is 14.9. The van der Waals surface area contributed by atoms with E-state index in [1.165, 1.54) is 11.3 Å². The smallest absolute Gasteiger partial charge is 0.259 e. The maximum absolute atomic E-state index is 12.9. The lowest BCUT2D eigenvalue weighted by molar-refractivity contribution is -0.117. The topological polar surface area (TPSA) is 71.5 Å². The highest BCUT2D eigenvalue weighted by Gasteiger charge is 2.26. The number of carbonyl (C=O) groups is 2. The highest BCUT2D eigenvalue weighted by Crippen LogP contribution is 2.32. The van der Waals surface area contributed by atoms with Gasteiger partial charge in [-0.2, -0.15) is 0 Å². The minimum absolute atomic E-state index is 0.0529. The zero-order valence-corrected chi connectivity index (χ0v) is 17.1. The molecule has 6 nitrogen and oxygen atoms in total. The summed E-state index contributed by atoms with van der Waals surface area (Å²) in [5.74, 6) is 0.565. The minimum Gasteiger partial charge on any atom is -0.497 e. The third-order valence-electron chi connectivity index (χ3n) is 4.89. The Kier molecular flexibility index (Phi) is 5.31. The first kappa shape index (κ1) is 19.1. The minimum atomic E-state index is -0.268. The normalized spacial score (nSPS) is 13.6. The maximum Gasteiger partial charge on any atom is 0.259 e. The van der Waals surface area contributed by atoms with E-state index in [0.717, 1.165) is 28.3 Å². The van der Waals surface area contributed by atoms with Gasteiger partial charge in [0, 0.05) is 23.4 Å². The van der Waals surface area contributed by atoms with Crippen LogP contribution in [0.2, 0.25) is 0 Å². The van der Waals surface area contributed by atoms with Gasteiger partial charge in [-0.05, 0) is 49.7 Å². The van der Waals surface area contributed by atoms with Crippen LogP contribution < -0.4 is 15.0 Å². The first-order valence-electron chi connectivity index (χ1n) is 9.39. The molecule has 0 spiro atoms. The first-order chi connectivity index (χ1) is 14.1.